The number of ketones is 1. The first kappa shape index (κ1) is 14.7. The minimum atomic E-state index is -0.351. The van der Waals surface area contributed by atoms with Crippen molar-refractivity contribution in [3.63, 3.8) is 0 Å². The third-order valence-electron chi connectivity index (χ3n) is 3.46. The first-order valence-electron chi connectivity index (χ1n) is 6.63. The maximum atomic E-state index is 12.1. The van der Waals surface area contributed by atoms with Gasteiger partial charge in [0.15, 0.2) is 5.78 Å². The second kappa shape index (κ2) is 6.53. The average Bonchev–Trinajstić information content (AvgIpc) is 2.53. The topological polar surface area (TPSA) is 43.4 Å². The molecule has 0 aliphatic heterocycles. The zero-order valence-electron chi connectivity index (χ0n) is 11.7. The standard InChI is InChI=1S/C15H22O3/c1-5-7-8-12-13(9-14(16)18-6-2)10(3)11(4)15(12)17/h9,12H,5-8H2,1-4H3/b13-9-. The molecular formula is C15H22O3. The first-order chi connectivity index (χ1) is 8.52. The van der Waals surface area contributed by atoms with E-state index in [2.05, 4.69) is 6.92 Å². The predicted molar refractivity (Wildman–Crippen MR) is 71.1 cm³/mol. The molecule has 18 heavy (non-hydrogen) atoms. The summed E-state index contributed by atoms with van der Waals surface area (Å²) in [6.07, 6.45) is 4.36. The molecule has 0 fully saturated rings. The number of carbonyl (C=O) groups excluding carboxylic acids is 2. The van der Waals surface area contributed by atoms with Crippen LogP contribution < -0.4 is 0 Å². The summed E-state index contributed by atoms with van der Waals surface area (Å²) in [5.74, 6) is -0.332. The lowest BCUT2D eigenvalue weighted by Gasteiger charge is -2.11. The van der Waals surface area contributed by atoms with E-state index in [9.17, 15) is 9.59 Å². The van der Waals surface area contributed by atoms with Gasteiger partial charge in [-0.15, -0.1) is 0 Å². The number of Topliss-reactive ketones (excluding diaryl/α,β-unsaturated/α-hetero) is 1. The van der Waals surface area contributed by atoms with Gasteiger partial charge in [0.25, 0.3) is 0 Å². The van der Waals surface area contributed by atoms with Crippen molar-refractivity contribution in [1.29, 1.82) is 0 Å². The first-order valence-corrected chi connectivity index (χ1v) is 6.63. The van der Waals surface area contributed by atoms with Crippen LogP contribution >= 0.6 is 0 Å². The van der Waals surface area contributed by atoms with E-state index in [0.29, 0.717) is 6.61 Å². The maximum Gasteiger partial charge on any atom is 0.331 e. The Morgan fingerprint density at radius 3 is 2.50 bits per heavy atom. The fourth-order valence-corrected chi connectivity index (χ4v) is 2.28. The number of carbonyl (C=O) groups is 2. The molecule has 0 amide bonds. The largest absolute Gasteiger partial charge is 0.463 e. The molecule has 1 aliphatic rings. The van der Waals surface area contributed by atoms with Crippen LogP contribution in [-0.2, 0) is 14.3 Å². The Morgan fingerprint density at radius 2 is 1.94 bits per heavy atom. The number of hydrogen-bond acceptors (Lipinski definition) is 3. The van der Waals surface area contributed by atoms with Crippen LogP contribution in [0.25, 0.3) is 0 Å². The number of esters is 1. The number of rotatable bonds is 5. The molecule has 0 bridgehead atoms. The fourth-order valence-electron chi connectivity index (χ4n) is 2.28. The van der Waals surface area contributed by atoms with E-state index in [0.717, 1.165) is 36.0 Å². The third kappa shape index (κ3) is 3.09. The van der Waals surface area contributed by atoms with E-state index < -0.39 is 0 Å². The SMILES string of the molecule is CCCCC1C(=O)C(C)=C(C)/C1=C/C(=O)OCC. The number of ether oxygens (including phenoxy) is 1. The van der Waals surface area contributed by atoms with Gasteiger partial charge in [0.05, 0.1) is 6.61 Å². The van der Waals surface area contributed by atoms with Gasteiger partial charge >= 0.3 is 5.97 Å². The molecule has 0 spiro atoms. The Kier molecular flexibility index (Phi) is 5.32. The molecule has 100 valence electrons. The van der Waals surface area contributed by atoms with E-state index in [-0.39, 0.29) is 17.7 Å². The Labute approximate surface area is 109 Å². The molecule has 3 nitrogen and oxygen atoms in total. The Morgan fingerprint density at radius 1 is 1.28 bits per heavy atom. The van der Waals surface area contributed by atoms with Gasteiger partial charge in [-0.3, -0.25) is 4.79 Å². The second-order valence-corrected chi connectivity index (χ2v) is 4.66. The highest BCUT2D eigenvalue weighted by Crippen LogP contribution is 2.36. The lowest BCUT2D eigenvalue weighted by atomic mass is 9.92. The molecule has 0 N–H and O–H groups in total. The van der Waals surface area contributed by atoms with Crippen LogP contribution in [0.5, 0.6) is 0 Å². The second-order valence-electron chi connectivity index (χ2n) is 4.66. The molecule has 0 aromatic heterocycles. The highest BCUT2D eigenvalue weighted by Gasteiger charge is 2.33. The smallest absolute Gasteiger partial charge is 0.331 e. The van der Waals surface area contributed by atoms with Gasteiger partial charge in [-0.2, -0.15) is 0 Å². The van der Waals surface area contributed by atoms with Crippen LogP contribution in [0, 0.1) is 5.92 Å². The van der Waals surface area contributed by atoms with Gasteiger partial charge in [0, 0.05) is 12.0 Å². The van der Waals surface area contributed by atoms with Gasteiger partial charge in [-0.25, -0.2) is 4.79 Å². The van der Waals surface area contributed by atoms with Crippen LogP contribution in [0.2, 0.25) is 0 Å². The minimum absolute atomic E-state index is 0.144. The summed E-state index contributed by atoms with van der Waals surface area (Å²) < 4.78 is 4.93. The molecule has 1 rings (SSSR count). The van der Waals surface area contributed by atoms with Crippen molar-refractivity contribution in [1.82, 2.24) is 0 Å². The van der Waals surface area contributed by atoms with Crippen molar-refractivity contribution in [3.05, 3.63) is 22.8 Å². The summed E-state index contributed by atoms with van der Waals surface area (Å²) in [5, 5.41) is 0. The molecule has 0 saturated heterocycles. The lowest BCUT2D eigenvalue weighted by Crippen LogP contribution is -2.12. The summed E-state index contributed by atoms with van der Waals surface area (Å²) in [6.45, 7) is 7.98. The zero-order chi connectivity index (χ0) is 13.7. The van der Waals surface area contributed by atoms with E-state index >= 15 is 0 Å². The van der Waals surface area contributed by atoms with Crippen LogP contribution in [0.1, 0.15) is 47.0 Å². The zero-order valence-corrected chi connectivity index (χ0v) is 11.7. The summed E-state index contributed by atoms with van der Waals surface area (Å²) in [7, 11) is 0. The third-order valence-corrected chi connectivity index (χ3v) is 3.46. The van der Waals surface area contributed by atoms with Gasteiger partial charge in [-0.05, 0) is 43.9 Å². The predicted octanol–water partition coefficient (Wildman–Crippen LogP) is 3.20. The Balaban J connectivity index is 2.96. The highest BCUT2D eigenvalue weighted by molar-refractivity contribution is 6.05. The average molecular weight is 250 g/mol. The van der Waals surface area contributed by atoms with Crippen molar-refractivity contribution in [2.45, 2.75) is 47.0 Å². The molecule has 1 unspecified atom stereocenters. The van der Waals surface area contributed by atoms with Crippen LogP contribution in [-0.4, -0.2) is 18.4 Å². The molecule has 0 saturated carbocycles. The van der Waals surface area contributed by atoms with Gasteiger partial charge in [0.2, 0.25) is 0 Å². The molecule has 0 radical (unpaired) electrons. The fraction of sp³-hybridized carbons (Fsp3) is 0.600. The maximum absolute atomic E-state index is 12.1. The van der Waals surface area contributed by atoms with Crippen molar-refractivity contribution in [2.75, 3.05) is 6.61 Å². The summed E-state index contributed by atoms with van der Waals surface area (Å²) >= 11 is 0. The normalized spacial score (nSPS) is 21.9. The molecule has 1 aliphatic carbocycles. The highest BCUT2D eigenvalue weighted by atomic mass is 16.5. The van der Waals surface area contributed by atoms with Crippen molar-refractivity contribution in [2.24, 2.45) is 5.92 Å². The molecule has 0 heterocycles. The summed E-state index contributed by atoms with van der Waals surface area (Å²) in [4.78, 5) is 23.7. The quantitative estimate of drug-likeness (QED) is 0.556. The van der Waals surface area contributed by atoms with Gasteiger partial charge in [0.1, 0.15) is 0 Å². The van der Waals surface area contributed by atoms with E-state index in [1.165, 1.54) is 6.08 Å². The lowest BCUT2D eigenvalue weighted by molar-refractivity contribution is -0.137. The van der Waals surface area contributed by atoms with Crippen molar-refractivity contribution >= 4 is 11.8 Å². The van der Waals surface area contributed by atoms with Gasteiger partial charge < -0.3 is 4.74 Å². The molecule has 0 aromatic carbocycles. The van der Waals surface area contributed by atoms with E-state index in [4.69, 9.17) is 4.74 Å². The van der Waals surface area contributed by atoms with E-state index in [1.54, 1.807) is 6.92 Å². The number of unbranched alkanes of at least 4 members (excludes halogenated alkanes) is 1. The summed E-state index contributed by atoms with van der Waals surface area (Å²) in [6, 6.07) is 0. The van der Waals surface area contributed by atoms with E-state index in [1.807, 2.05) is 13.8 Å². The van der Waals surface area contributed by atoms with Crippen molar-refractivity contribution < 1.29 is 14.3 Å². The number of allylic oxidation sites excluding steroid dienone is 3. The van der Waals surface area contributed by atoms with Gasteiger partial charge in [-0.1, -0.05) is 19.8 Å². The van der Waals surface area contributed by atoms with Crippen LogP contribution in [0.4, 0.5) is 0 Å². The summed E-state index contributed by atoms with van der Waals surface area (Å²) in [5.41, 5.74) is 2.57. The van der Waals surface area contributed by atoms with Crippen molar-refractivity contribution in [3.8, 4) is 0 Å². The Hall–Kier alpha value is -1.38. The Bertz CT molecular complexity index is 402. The molecule has 1 atom stereocenters. The minimum Gasteiger partial charge on any atom is -0.463 e. The van der Waals surface area contributed by atoms with Crippen LogP contribution in [0.15, 0.2) is 22.8 Å². The molecule has 0 aromatic rings. The van der Waals surface area contributed by atoms with Crippen LogP contribution in [0.3, 0.4) is 0 Å². The monoisotopic (exact) mass is 250 g/mol. The molecular weight excluding hydrogens is 228 g/mol. The number of hydrogen-bond donors (Lipinski definition) is 0. The molecule has 3 heteroatoms.